The van der Waals surface area contributed by atoms with Gasteiger partial charge in [0.05, 0.1) is 11.8 Å². The van der Waals surface area contributed by atoms with E-state index in [2.05, 4.69) is 10.4 Å². The van der Waals surface area contributed by atoms with Crippen LogP contribution in [0.3, 0.4) is 0 Å². The first-order valence-corrected chi connectivity index (χ1v) is 5.90. The lowest BCUT2D eigenvalue weighted by molar-refractivity contribution is -0.138. The fourth-order valence-corrected chi connectivity index (χ4v) is 1.87. The molecule has 2 aromatic rings. The minimum atomic E-state index is -4.56. The van der Waals surface area contributed by atoms with Crippen LogP contribution in [0.25, 0.3) is 0 Å². The van der Waals surface area contributed by atoms with Crippen LogP contribution in [0, 0.1) is 5.82 Å². The van der Waals surface area contributed by atoms with Gasteiger partial charge in [-0.15, -0.1) is 0 Å². The highest BCUT2D eigenvalue weighted by atomic mass is 19.4. The van der Waals surface area contributed by atoms with E-state index in [1.165, 1.54) is 0 Å². The quantitative estimate of drug-likeness (QED) is 0.876. The van der Waals surface area contributed by atoms with E-state index in [1.54, 1.807) is 24.1 Å². The first kappa shape index (κ1) is 14.5. The topological polar surface area (TPSA) is 29.9 Å². The van der Waals surface area contributed by atoms with Crippen LogP contribution < -0.4 is 5.32 Å². The van der Waals surface area contributed by atoms with Crippen LogP contribution >= 0.6 is 0 Å². The third kappa shape index (κ3) is 3.57. The summed E-state index contributed by atoms with van der Waals surface area (Å²) in [6.07, 6.45) is -1.17. The third-order valence-electron chi connectivity index (χ3n) is 2.78. The van der Waals surface area contributed by atoms with Crippen molar-refractivity contribution in [3.05, 3.63) is 53.1 Å². The van der Waals surface area contributed by atoms with Crippen molar-refractivity contribution < 1.29 is 17.6 Å². The number of aromatic nitrogens is 2. The Morgan fingerprint density at radius 2 is 2.00 bits per heavy atom. The molecule has 0 amide bonds. The number of aryl methyl sites for hydroxylation is 1. The van der Waals surface area contributed by atoms with Gasteiger partial charge in [0.15, 0.2) is 0 Å². The van der Waals surface area contributed by atoms with Gasteiger partial charge in [-0.25, -0.2) is 4.39 Å². The highest BCUT2D eigenvalue weighted by Gasteiger charge is 2.33. The molecule has 0 aliphatic rings. The molecule has 3 nitrogen and oxygen atoms in total. The Kier molecular flexibility index (Phi) is 4.08. The summed E-state index contributed by atoms with van der Waals surface area (Å²) in [5, 5.41) is 6.85. The van der Waals surface area contributed by atoms with Gasteiger partial charge >= 0.3 is 6.18 Å². The molecule has 0 aliphatic carbocycles. The molecule has 1 aromatic carbocycles. The Hall–Kier alpha value is -1.89. The van der Waals surface area contributed by atoms with Crippen molar-refractivity contribution in [3.8, 4) is 0 Å². The maximum Gasteiger partial charge on any atom is 0.416 e. The number of nitrogens with zero attached hydrogens (tertiary/aromatic N) is 2. The standard InChI is InChI=1S/C13H13F4N3/c1-20-8-9(6-19-20)5-18-7-10-2-3-11(14)4-12(10)13(15,16)17/h2-4,6,8,18H,5,7H2,1H3. The van der Waals surface area contributed by atoms with Gasteiger partial charge in [-0.05, 0) is 17.7 Å². The van der Waals surface area contributed by atoms with Crippen molar-refractivity contribution in [2.24, 2.45) is 7.05 Å². The molecule has 7 heteroatoms. The monoisotopic (exact) mass is 287 g/mol. The summed E-state index contributed by atoms with van der Waals surface area (Å²) in [5.74, 6) is -0.895. The average Bonchev–Trinajstić information content (AvgIpc) is 2.76. The Morgan fingerprint density at radius 3 is 2.60 bits per heavy atom. The van der Waals surface area contributed by atoms with Crippen molar-refractivity contribution in [3.63, 3.8) is 0 Å². The predicted molar refractivity (Wildman–Crippen MR) is 65.2 cm³/mol. The van der Waals surface area contributed by atoms with Crippen LogP contribution in [0.1, 0.15) is 16.7 Å². The fourth-order valence-electron chi connectivity index (χ4n) is 1.87. The molecule has 108 valence electrons. The van der Waals surface area contributed by atoms with Crippen LogP contribution in [-0.2, 0) is 26.3 Å². The first-order chi connectivity index (χ1) is 9.36. The summed E-state index contributed by atoms with van der Waals surface area (Å²) in [6.45, 7) is 0.395. The highest BCUT2D eigenvalue weighted by molar-refractivity contribution is 5.30. The minimum absolute atomic E-state index is 0.00399. The Morgan fingerprint density at radius 1 is 1.25 bits per heavy atom. The highest BCUT2D eigenvalue weighted by Crippen LogP contribution is 2.32. The zero-order valence-corrected chi connectivity index (χ0v) is 10.7. The van der Waals surface area contributed by atoms with Gasteiger partial charge in [-0.3, -0.25) is 4.68 Å². The molecular formula is C13H13F4N3. The van der Waals surface area contributed by atoms with Gasteiger partial charge in [-0.2, -0.15) is 18.3 Å². The maximum absolute atomic E-state index is 12.9. The summed E-state index contributed by atoms with van der Waals surface area (Å²) >= 11 is 0. The van der Waals surface area contributed by atoms with Gasteiger partial charge in [0.25, 0.3) is 0 Å². The normalized spacial score (nSPS) is 11.8. The van der Waals surface area contributed by atoms with E-state index in [0.29, 0.717) is 12.6 Å². The number of nitrogens with one attached hydrogen (secondary N) is 1. The van der Waals surface area contributed by atoms with Crippen LogP contribution in [0.5, 0.6) is 0 Å². The zero-order valence-electron chi connectivity index (χ0n) is 10.7. The molecule has 0 bridgehead atoms. The second kappa shape index (κ2) is 5.62. The van der Waals surface area contributed by atoms with E-state index in [-0.39, 0.29) is 12.1 Å². The molecule has 0 spiro atoms. The van der Waals surface area contributed by atoms with Crippen molar-refractivity contribution >= 4 is 0 Å². The molecule has 0 fully saturated rings. The molecule has 0 aliphatic heterocycles. The van der Waals surface area contributed by atoms with E-state index >= 15 is 0 Å². The van der Waals surface area contributed by atoms with E-state index in [9.17, 15) is 17.6 Å². The molecule has 0 unspecified atom stereocenters. The molecule has 0 saturated heterocycles. The number of alkyl halides is 3. The molecule has 0 saturated carbocycles. The van der Waals surface area contributed by atoms with Crippen LogP contribution in [0.15, 0.2) is 30.6 Å². The molecular weight excluding hydrogens is 274 g/mol. The van der Waals surface area contributed by atoms with Gasteiger partial charge in [0.2, 0.25) is 0 Å². The second-order valence-electron chi connectivity index (χ2n) is 4.43. The van der Waals surface area contributed by atoms with E-state index in [4.69, 9.17) is 0 Å². The van der Waals surface area contributed by atoms with Crippen molar-refractivity contribution in [1.29, 1.82) is 0 Å². The smallest absolute Gasteiger partial charge is 0.308 e. The van der Waals surface area contributed by atoms with E-state index in [1.807, 2.05) is 0 Å². The minimum Gasteiger partial charge on any atom is -0.308 e. The lowest BCUT2D eigenvalue weighted by atomic mass is 10.1. The molecule has 0 atom stereocenters. The van der Waals surface area contributed by atoms with Crippen molar-refractivity contribution in [1.82, 2.24) is 15.1 Å². The number of hydrogen-bond donors (Lipinski definition) is 1. The largest absolute Gasteiger partial charge is 0.416 e. The lowest BCUT2D eigenvalue weighted by Crippen LogP contribution is -2.17. The Labute approximate surface area is 113 Å². The van der Waals surface area contributed by atoms with E-state index < -0.39 is 17.6 Å². The number of halogens is 4. The average molecular weight is 287 g/mol. The molecule has 20 heavy (non-hydrogen) atoms. The summed E-state index contributed by atoms with van der Waals surface area (Å²) in [7, 11) is 1.76. The predicted octanol–water partition coefficient (Wildman–Crippen LogP) is 2.87. The molecule has 2 rings (SSSR count). The second-order valence-corrected chi connectivity index (χ2v) is 4.43. The molecule has 0 radical (unpaired) electrons. The Bertz CT molecular complexity index is 590. The van der Waals surface area contributed by atoms with Crippen LogP contribution in [0.2, 0.25) is 0 Å². The van der Waals surface area contributed by atoms with Crippen LogP contribution in [0.4, 0.5) is 17.6 Å². The number of rotatable bonds is 4. The summed E-state index contributed by atoms with van der Waals surface area (Å²) in [4.78, 5) is 0. The van der Waals surface area contributed by atoms with Gasteiger partial charge in [0.1, 0.15) is 5.82 Å². The SMILES string of the molecule is Cn1cc(CNCc2ccc(F)cc2C(F)(F)F)cn1. The molecule has 1 N–H and O–H groups in total. The Balaban J connectivity index is 2.06. The zero-order chi connectivity index (χ0) is 14.8. The van der Waals surface area contributed by atoms with Crippen molar-refractivity contribution in [2.45, 2.75) is 19.3 Å². The maximum atomic E-state index is 12.9. The van der Waals surface area contributed by atoms with Gasteiger partial charge in [0, 0.05) is 31.9 Å². The first-order valence-electron chi connectivity index (χ1n) is 5.90. The van der Waals surface area contributed by atoms with Crippen LogP contribution in [-0.4, -0.2) is 9.78 Å². The third-order valence-corrected chi connectivity index (χ3v) is 2.78. The van der Waals surface area contributed by atoms with E-state index in [0.717, 1.165) is 17.7 Å². The number of benzene rings is 1. The van der Waals surface area contributed by atoms with Crippen molar-refractivity contribution in [2.75, 3.05) is 0 Å². The summed E-state index contributed by atoms with van der Waals surface area (Å²) in [6, 6.07) is 2.69. The summed E-state index contributed by atoms with van der Waals surface area (Å²) in [5.41, 5.74) is -0.0675. The molecule has 1 aromatic heterocycles. The summed E-state index contributed by atoms with van der Waals surface area (Å²) < 4.78 is 52.9. The molecule has 1 heterocycles. The fraction of sp³-hybridized carbons (Fsp3) is 0.308. The van der Waals surface area contributed by atoms with Gasteiger partial charge < -0.3 is 5.32 Å². The van der Waals surface area contributed by atoms with Gasteiger partial charge in [-0.1, -0.05) is 6.07 Å². The number of hydrogen-bond acceptors (Lipinski definition) is 2. The lowest BCUT2D eigenvalue weighted by Gasteiger charge is -2.13.